The van der Waals surface area contributed by atoms with E-state index in [1.54, 1.807) is 32.7 Å². The second kappa shape index (κ2) is 7.99. The normalized spacial score (nSPS) is 15.9. The van der Waals surface area contributed by atoms with Crippen molar-refractivity contribution in [1.29, 1.82) is 0 Å². The van der Waals surface area contributed by atoms with Gasteiger partial charge in [0.2, 0.25) is 5.75 Å². The Morgan fingerprint density at radius 3 is 2.46 bits per heavy atom. The molecule has 1 aromatic carbocycles. The van der Waals surface area contributed by atoms with Crippen molar-refractivity contribution in [3.05, 3.63) is 39.1 Å². The molecule has 0 radical (unpaired) electrons. The Balaban J connectivity index is 1.72. The fourth-order valence-corrected chi connectivity index (χ4v) is 4.45. The molecule has 26 heavy (non-hydrogen) atoms. The van der Waals surface area contributed by atoms with E-state index < -0.39 is 0 Å². The van der Waals surface area contributed by atoms with Crippen molar-refractivity contribution < 1.29 is 19.0 Å². The zero-order valence-corrected chi connectivity index (χ0v) is 16.5. The Hall–Kier alpha value is -2.21. The Labute approximate surface area is 158 Å². The molecule has 1 amide bonds. The molecule has 0 bridgehead atoms. The van der Waals surface area contributed by atoms with Crippen molar-refractivity contribution >= 4 is 17.2 Å². The number of methoxy groups -OCH3 is 3. The second-order valence-electron chi connectivity index (χ2n) is 6.62. The first kappa shape index (κ1) is 18.6. The fourth-order valence-electron chi connectivity index (χ4n) is 3.32. The maximum atomic E-state index is 12.6. The third-order valence-corrected chi connectivity index (χ3v) is 5.97. The molecule has 1 atom stereocenters. The van der Waals surface area contributed by atoms with Crippen LogP contribution in [0.15, 0.2) is 18.2 Å². The summed E-state index contributed by atoms with van der Waals surface area (Å²) in [5.41, 5.74) is 2.23. The van der Waals surface area contributed by atoms with Crippen molar-refractivity contribution in [1.82, 2.24) is 5.32 Å². The molecule has 0 aliphatic heterocycles. The highest BCUT2D eigenvalue weighted by molar-refractivity contribution is 7.14. The topological polar surface area (TPSA) is 56.8 Å². The summed E-state index contributed by atoms with van der Waals surface area (Å²) in [6.45, 7) is 2.67. The minimum Gasteiger partial charge on any atom is -0.493 e. The molecule has 1 unspecified atom stereocenters. The first-order valence-corrected chi connectivity index (χ1v) is 9.56. The first-order valence-electron chi connectivity index (χ1n) is 8.74. The molecule has 0 fully saturated rings. The number of aryl methyl sites for hydroxylation is 1. The van der Waals surface area contributed by atoms with Crippen LogP contribution in [0, 0.1) is 5.92 Å². The SMILES string of the molecule is COc1cc(CNC(=O)c2cc3c(s2)CCC(C)C3)cc(OC)c1OC. The highest BCUT2D eigenvalue weighted by atomic mass is 32.1. The van der Waals surface area contributed by atoms with Gasteiger partial charge in [0, 0.05) is 11.4 Å². The maximum absolute atomic E-state index is 12.6. The molecule has 0 saturated heterocycles. The standard InChI is InChI=1S/C20H25NO4S/c1-12-5-6-17-14(7-12)10-18(26-17)20(22)21-11-13-8-15(23-2)19(25-4)16(9-13)24-3/h8-10,12H,5-7,11H2,1-4H3,(H,21,22). The molecule has 1 aromatic heterocycles. The van der Waals surface area contributed by atoms with Crippen LogP contribution in [0.3, 0.4) is 0 Å². The molecular weight excluding hydrogens is 350 g/mol. The largest absolute Gasteiger partial charge is 0.493 e. The van der Waals surface area contributed by atoms with Gasteiger partial charge < -0.3 is 19.5 Å². The van der Waals surface area contributed by atoms with Crippen LogP contribution in [0.4, 0.5) is 0 Å². The van der Waals surface area contributed by atoms with Crippen LogP contribution in [0.5, 0.6) is 17.2 Å². The first-order chi connectivity index (χ1) is 12.5. The number of hydrogen-bond acceptors (Lipinski definition) is 5. The second-order valence-corrected chi connectivity index (χ2v) is 7.76. The van der Waals surface area contributed by atoms with Gasteiger partial charge in [-0.25, -0.2) is 0 Å². The van der Waals surface area contributed by atoms with Gasteiger partial charge in [-0.15, -0.1) is 11.3 Å². The van der Waals surface area contributed by atoms with Crippen LogP contribution < -0.4 is 19.5 Å². The van der Waals surface area contributed by atoms with Crippen LogP contribution in [-0.4, -0.2) is 27.2 Å². The monoisotopic (exact) mass is 375 g/mol. The Morgan fingerprint density at radius 1 is 1.15 bits per heavy atom. The van der Waals surface area contributed by atoms with E-state index in [0.29, 0.717) is 29.7 Å². The van der Waals surface area contributed by atoms with Crippen LogP contribution >= 0.6 is 11.3 Å². The number of carbonyl (C=O) groups is 1. The van der Waals surface area contributed by atoms with Gasteiger partial charge in [-0.2, -0.15) is 0 Å². The summed E-state index contributed by atoms with van der Waals surface area (Å²) in [7, 11) is 4.73. The van der Waals surface area contributed by atoms with E-state index in [4.69, 9.17) is 14.2 Å². The Bertz CT molecular complexity index is 774. The number of ether oxygens (including phenoxy) is 3. The van der Waals surface area contributed by atoms with Gasteiger partial charge in [0.1, 0.15) is 0 Å². The van der Waals surface area contributed by atoms with E-state index in [1.165, 1.54) is 16.9 Å². The molecule has 140 valence electrons. The van der Waals surface area contributed by atoms with Crippen molar-refractivity contribution in [2.75, 3.05) is 21.3 Å². The lowest BCUT2D eigenvalue weighted by molar-refractivity contribution is 0.0955. The summed E-state index contributed by atoms with van der Waals surface area (Å²) >= 11 is 1.62. The number of hydrogen-bond donors (Lipinski definition) is 1. The van der Waals surface area contributed by atoms with E-state index in [0.717, 1.165) is 23.3 Å². The molecule has 0 saturated carbocycles. The minimum atomic E-state index is -0.0363. The van der Waals surface area contributed by atoms with Crippen LogP contribution in [0.1, 0.15) is 39.0 Å². The van der Waals surface area contributed by atoms with E-state index in [1.807, 2.05) is 12.1 Å². The van der Waals surface area contributed by atoms with E-state index in [-0.39, 0.29) is 5.91 Å². The van der Waals surface area contributed by atoms with E-state index in [2.05, 4.69) is 18.3 Å². The molecule has 6 heteroatoms. The number of thiophene rings is 1. The van der Waals surface area contributed by atoms with E-state index in [9.17, 15) is 4.79 Å². The molecule has 5 nitrogen and oxygen atoms in total. The van der Waals surface area contributed by atoms with Crippen molar-refractivity contribution in [2.24, 2.45) is 5.92 Å². The van der Waals surface area contributed by atoms with Crippen molar-refractivity contribution in [3.8, 4) is 17.2 Å². The lowest BCUT2D eigenvalue weighted by Crippen LogP contribution is -2.21. The number of benzene rings is 1. The summed E-state index contributed by atoms with van der Waals surface area (Å²) < 4.78 is 16.0. The van der Waals surface area contributed by atoms with Gasteiger partial charge in [-0.05, 0) is 54.5 Å². The molecule has 2 aromatic rings. The smallest absolute Gasteiger partial charge is 0.261 e. The molecule has 3 rings (SSSR count). The Kier molecular flexibility index (Phi) is 5.71. The third-order valence-electron chi connectivity index (χ3n) is 4.73. The maximum Gasteiger partial charge on any atom is 0.261 e. The number of amides is 1. The Morgan fingerprint density at radius 2 is 1.85 bits per heavy atom. The summed E-state index contributed by atoms with van der Waals surface area (Å²) in [6, 6.07) is 5.76. The zero-order valence-electron chi connectivity index (χ0n) is 15.7. The highest BCUT2D eigenvalue weighted by Crippen LogP contribution is 2.38. The summed E-state index contributed by atoms with van der Waals surface area (Å²) in [5, 5.41) is 3.00. The van der Waals surface area contributed by atoms with Gasteiger partial charge in [0.25, 0.3) is 5.91 Å². The number of carbonyl (C=O) groups excluding carboxylic acids is 1. The highest BCUT2D eigenvalue weighted by Gasteiger charge is 2.21. The average Bonchev–Trinajstić information content (AvgIpc) is 3.08. The van der Waals surface area contributed by atoms with Gasteiger partial charge >= 0.3 is 0 Å². The van der Waals surface area contributed by atoms with Gasteiger partial charge in [0.15, 0.2) is 11.5 Å². The lowest BCUT2D eigenvalue weighted by Gasteiger charge is -2.16. The third kappa shape index (κ3) is 3.80. The molecule has 1 aliphatic carbocycles. The zero-order chi connectivity index (χ0) is 18.7. The summed E-state index contributed by atoms with van der Waals surface area (Å²) in [5.74, 6) is 2.37. The van der Waals surface area contributed by atoms with Crippen LogP contribution in [-0.2, 0) is 19.4 Å². The van der Waals surface area contributed by atoms with Crippen LogP contribution in [0.2, 0.25) is 0 Å². The fraction of sp³-hybridized carbons (Fsp3) is 0.450. The summed E-state index contributed by atoms with van der Waals surface area (Å²) in [6.07, 6.45) is 3.37. The predicted octanol–water partition coefficient (Wildman–Crippen LogP) is 3.83. The van der Waals surface area contributed by atoms with Gasteiger partial charge in [-0.3, -0.25) is 4.79 Å². The van der Waals surface area contributed by atoms with Crippen molar-refractivity contribution in [3.63, 3.8) is 0 Å². The predicted molar refractivity (Wildman–Crippen MR) is 103 cm³/mol. The molecule has 1 N–H and O–H groups in total. The van der Waals surface area contributed by atoms with Crippen molar-refractivity contribution in [2.45, 2.75) is 32.7 Å². The van der Waals surface area contributed by atoms with E-state index >= 15 is 0 Å². The van der Waals surface area contributed by atoms with Gasteiger partial charge in [-0.1, -0.05) is 6.92 Å². The van der Waals surface area contributed by atoms with Gasteiger partial charge in [0.05, 0.1) is 26.2 Å². The molecule has 0 spiro atoms. The molecule has 1 heterocycles. The minimum absolute atomic E-state index is 0.0363. The summed E-state index contributed by atoms with van der Waals surface area (Å²) in [4.78, 5) is 14.7. The number of nitrogens with one attached hydrogen (secondary N) is 1. The lowest BCUT2D eigenvalue weighted by atomic mass is 9.90. The van der Waals surface area contributed by atoms with Crippen LogP contribution in [0.25, 0.3) is 0 Å². The quantitative estimate of drug-likeness (QED) is 0.834. The molecule has 1 aliphatic rings. The number of rotatable bonds is 6. The molecular formula is C20H25NO4S. The average molecular weight is 375 g/mol. The number of fused-ring (bicyclic) bond motifs is 1.